The first kappa shape index (κ1) is 10.7. The lowest BCUT2D eigenvalue weighted by atomic mass is 10.0. The highest BCUT2D eigenvalue weighted by atomic mass is 16.2. The van der Waals surface area contributed by atoms with E-state index in [9.17, 15) is 0 Å². The predicted molar refractivity (Wildman–Crippen MR) is 67.3 cm³/mol. The van der Waals surface area contributed by atoms with E-state index in [1.807, 2.05) is 18.2 Å². The normalized spacial score (nSPS) is 9.88. The van der Waals surface area contributed by atoms with Crippen molar-refractivity contribution in [2.24, 2.45) is 0 Å². The van der Waals surface area contributed by atoms with Gasteiger partial charge in [-0.05, 0) is 29.3 Å². The van der Waals surface area contributed by atoms with Crippen LogP contribution in [0.1, 0.15) is 17.5 Å². The third-order valence-corrected chi connectivity index (χ3v) is 2.60. The number of benzene rings is 2. The number of hydrogen-bond acceptors (Lipinski definition) is 1. The summed E-state index contributed by atoms with van der Waals surface area (Å²) in [6, 6.07) is 12.4. The summed E-state index contributed by atoms with van der Waals surface area (Å²) in [6.07, 6.45) is 0.530. The van der Waals surface area contributed by atoms with E-state index in [1.54, 1.807) is 0 Å². The van der Waals surface area contributed by atoms with Crippen molar-refractivity contribution < 1.29 is 5.11 Å². The molecule has 0 bridgehead atoms. The van der Waals surface area contributed by atoms with Crippen molar-refractivity contribution >= 4 is 10.8 Å². The van der Waals surface area contributed by atoms with E-state index in [2.05, 4.69) is 37.0 Å². The number of hydrogen-bond donors (Lipinski definition) is 1. The Hall–Kier alpha value is -1.78. The van der Waals surface area contributed by atoms with Crippen molar-refractivity contribution in [3.63, 3.8) is 0 Å². The van der Waals surface area contributed by atoms with Crippen LogP contribution in [0.4, 0.5) is 0 Å². The number of aliphatic hydroxyl groups is 1. The van der Waals surface area contributed by atoms with Crippen molar-refractivity contribution in [1.29, 1.82) is 0 Å². The molecule has 0 unspecified atom stereocenters. The molecule has 2 aromatic rings. The molecule has 0 saturated heterocycles. The van der Waals surface area contributed by atoms with E-state index < -0.39 is 0 Å². The van der Waals surface area contributed by atoms with Gasteiger partial charge in [0.1, 0.15) is 0 Å². The zero-order chi connectivity index (χ0) is 11.4. The molecule has 0 heterocycles. The standard InChI is InChI=1S/C15H14O/c1-12-9-10-13(6-4-5-11-16)15-8-3-2-7-14(12)15/h2-3,7-10,16H,5,11H2,1H3. The molecule has 0 saturated carbocycles. The number of fused-ring (bicyclic) bond motifs is 1. The molecule has 0 fully saturated rings. The summed E-state index contributed by atoms with van der Waals surface area (Å²) < 4.78 is 0. The van der Waals surface area contributed by atoms with Crippen LogP contribution in [0.3, 0.4) is 0 Å². The fourth-order valence-electron chi connectivity index (χ4n) is 1.77. The predicted octanol–water partition coefficient (Wildman–Crippen LogP) is 2.88. The highest BCUT2D eigenvalue weighted by Gasteiger charge is 1.99. The third kappa shape index (κ3) is 2.08. The largest absolute Gasteiger partial charge is 0.395 e. The van der Waals surface area contributed by atoms with Crippen LogP contribution in [-0.4, -0.2) is 11.7 Å². The molecule has 0 atom stereocenters. The van der Waals surface area contributed by atoms with E-state index in [4.69, 9.17) is 5.11 Å². The molecule has 0 aliphatic rings. The average molecular weight is 210 g/mol. The molecule has 0 aromatic heterocycles. The zero-order valence-electron chi connectivity index (χ0n) is 9.33. The number of rotatable bonds is 1. The molecular formula is C15H14O. The van der Waals surface area contributed by atoms with Gasteiger partial charge in [0.05, 0.1) is 6.61 Å². The lowest BCUT2D eigenvalue weighted by Crippen LogP contribution is -1.84. The smallest absolute Gasteiger partial charge is 0.0540 e. The molecule has 2 rings (SSSR count). The first-order valence-corrected chi connectivity index (χ1v) is 5.41. The molecule has 0 amide bonds. The van der Waals surface area contributed by atoms with Gasteiger partial charge in [0.25, 0.3) is 0 Å². The van der Waals surface area contributed by atoms with Gasteiger partial charge < -0.3 is 5.11 Å². The highest BCUT2D eigenvalue weighted by molar-refractivity contribution is 5.90. The fraction of sp³-hybridized carbons (Fsp3) is 0.200. The maximum Gasteiger partial charge on any atom is 0.0540 e. The fourth-order valence-corrected chi connectivity index (χ4v) is 1.77. The van der Waals surface area contributed by atoms with Gasteiger partial charge in [-0.15, -0.1) is 0 Å². The Morgan fingerprint density at radius 2 is 1.81 bits per heavy atom. The van der Waals surface area contributed by atoms with Crippen LogP contribution < -0.4 is 0 Å². The van der Waals surface area contributed by atoms with Crippen molar-refractivity contribution in [3.05, 3.63) is 47.5 Å². The summed E-state index contributed by atoms with van der Waals surface area (Å²) in [5, 5.41) is 11.1. The maximum absolute atomic E-state index is 8.70. The molecule has 1 nitrogen and oxygen atoms in total. The average Bonchev–Trinajstić information content (AvgIpc) is 2.33. The van der Waals surface area contributed by atoms with Crippen molar-refractivity contribution in [2.75, 3.05) is 6.61 Å². The molecule has 1 N–H and O–H groups in total. The first-order chi connectivity index (χ1) is 7.83. The van der Waals surface area contributed by atoms with Gasteiger partial charge in [-0.1, -0.05) is 42.2 Å². The van der Waals surface area contributed by atoms with Gasteiger partial charge in [0.15, 0.2) is 0 Å². The second kappa shape index (κ2) is 4.83. The van der Waals surface area contributed by atoms with E-state index in [-0.39, 0.29) is 6.61 Å². The summed E-state index contributed by atoms with van der Waals surface area (Å²) in [7, 11) is 0. The molecule has 0 spiro atoms. The first-order valence-electron chi connectivity index (χ1n) is 5.41. The summed E-state index contributed by atoms with van der Waals surface area (Å²) >= 11 is 0. The maximum atomic E-state index is 8.70. The van der Waals surface area contributed by atoms with Gasteiger partial charge >= 0.3 is 0 Å². The molecule has 1 heteroatoms. The Bertz CT molecular complexity index is 558. The summed E-state index contributed by atoms with van der Waals surface area (Å²) in [4.78, 5) is 0. The van der Waals surface area contributed by atoms with Crippen LogP contribution in [0.25, 0.3) is 10.8 Å². The second-order valence-electron chi connectivity index (χ2n) is 3.75. The van der Waals surface area contributed by atoms with E-state index >= 15 is 0 Å². The topological polar surface area (TPSA) is 20.2 Å². The van der Waals surface area contributed by atoms with E-state index in [0.29, 0.717) is 6.42 Å². The Labute approximate surface area is 95.7 Å². The van der Waals surface area contributed by atoms with Gasteiger partial charge in [0.2, 0.25) is 0 Å². The summed E-state index contributed by atoms with van der Waals surface area (Å²) in [5.41, 5.74) is 2.30. The molecule has 0 aliphatic heterocycles. The molecule has 2 aromatic carbocycles. The quantitative estimate of drug-likeness (QED) is 0.717. The zero-order valence-corrected chi connectivity index (χ0v) is 9.33. The van der Waals surface area contributed by atoms with Crippen LogP contribution in [-0.2, 0) is 0 Å². The van der Waals surface area contributed by atoms with Crippen LogP contribution in [0, 0.1) is 18.8 Å². The van der Waals surface area contributed by atoms with Crippen LogP contribution in [0.5, 0.6) is 0 Å². The lowest BCUT2D eigenvalue weighted by molar-refractivity contribution is 0.305. The summed E-state index contributed by atoms with van der Waals surface area (Å²) in [5.74, 6) is 6.07. The molecule has 0 aliphatic carbocycles. The number of aliphatic hydroxyl groups excluding tert-OH is 1. The minimum atomic E-state index is 0.122. The minimum absolute atomic E-state index is 0.122. The van der Waals surface area contributed by atoms with Gasteiger partial charge in [-0.3, -0.25) is 0 Å². The Morgan fingerprint density at radius 1 is 1.06 bits per heavy atom. The van der Waals surface area contributed by atoms with Gasteiger partial charge in [-0.2, -0.15) is 0 Å². The van der Waals surface area contributed by atoms with Crippen LogP contribution in [0.2, 0.25) is 0 Å². The van der Waals surface area contributed by atoms with Crippen molar-refractivity contribution in [2.45, 2.75) is 13.3 Å². The van der Waals surface area contributed by atoms with Gasteiger partial charge in [0, 0.05) is 12.0 Å². The Balaban J connectivity index is 2.56. The van der Waals surface area contributed by atoms with Crippen LogP contribution >= 0.6 is 0 Å². The minimum Gasteiger partial charge on any atom is -0.395 e. The molecule has 16 heavy (non-hydrogen) atoms. The van der Waals surface area contributed by atoms with Gasteiger partial charge in [-0.25, -0.2) is 0 Å². The molecule has 80 valence electrons. The second-order valence-corrected chi connectivity index (χ2v) is 3.75. The monoisotopic (exact) mass is 210 g/mol. The third-order valence-electron chi connectivity index (χ3n) is 2.60. The number of aryl methyl sites for hydroxylation is 1. The van der Waals surface area contributed by atoms with Crippen molar-refractivity contribution in [3.8, 4) is 11.8 Å². The highest BCUT2D eigenvalue weighted by Crippen LogP contribution is 2.21. The molecular weight excluding hydrogens is 196 g/mol. The summed E-state index contributed by atoms with van der Waals surface area (Å²) in [6.45, 7) is 2.23. The van der Waals surface area contributed by atoms with E-state index in [0.717, 1.165) is 5.56 Å². The molecule has 0 radical (unpaired) electrons. The Morgan fingerprint density at radius 3 is 2.56 bits per heavy atom. The Kier molecular flexibility index (Phi) is 3.24. The lowest BCUT2D eigenvalue weighted by Gasteiger charge is -2.03. The van der Waals surface area contributed by atoms with Crippen molar-refractivity contribution in [1.82, 2.24) is 0 Å². The SMILES string of the molecule is Cc1ccc(C#CCCO)c2ccccc12. The van der Waals surface area contributed by atoms with Crippen LogP contribution in [0.15, 0.2) is 36.4 Å². The van der Waals surface area contributed by atoms with E-state index in [1.165, 1.54) is 16.3 Å².